The molecule has 9 heteroatoms. The number of aliphatic hydroxyl groups is 1. The van der Waals surface area contributed by atoms with Crippen LogP contribution in [0.5, 0.6) is 0 Å². The first-order valence-corrected chi connectivity index (χ1v) is 13.8. The first kappa shape index (κ1) is 25.1. The number of imidazole rings is 1. The first-order valence-electron chi connectivity index (χ1n) is 13.4. The third kappa shape index (κ3) is 4.84. The summed E-state index contributed by atoms with van der Waals surface area (Å²) in [6.45, 7) is 6.71. The lowest BCUT2D eigenvalue weighted by atomic mass is 10.1. The Morgan fingerprint density at radius 2 is 1.97 bits per heavy atom. The van der Waals surface area contributed by atoms with Crippen LogP contribution >= 0.6 is 11.6 Å². The number of hydrogen-bond donors (Lipinski definition) is 3. The second kappa shape index (κ2) is 10.2. The lowest BCUT2D eigenvalue weighted by Gasteiger charge is -2.19. The minimum Gasteiger partial charge on any atom is -0.378 e. The zero-order valence-corrected chi connectivity index (χ0v) is 22.6. The Balaban J connectivity index is 1.35. The Morgan fingerprint density at radius 1 is 1.16 bits per heavy atom. The molecule has 0 spiro atoms. The van der Waals surface area contributed by atoms with Gasteiger partial charge in [0.05, 0.1) is 33.5 Å². The number of amides is 1. The Hall–Kier alpha value is -3.20. The molecule has 1 atom stereocenters. The summed E-state index contributed by atoms with van der Waals surface area (Å²) in [5.74, 6) is 0.594. The van der Waals surface area contributed by atoms with Crippen LogP contribution in [0.2, 0.25) is 5.02 Å². The second-order valence-corrected chi connectivity index (χ2v) is 11.0. The summed E-state index contributed by atoms with van der Waals surface area (Å²) in [5.41, 5.74) is 7.18. The van der Waals surface area contributed by atoms with Gasteiger partial charge in [0.2, 0.25) is 0 Å². The molecule has 0 radical (unpaired) electrons. The zero-order valence-electron chi connectivity index (χ0n) is 21.8. The standard InChI is InChI=1S/C29H33ClN6O2/c1-17-13-23-24(14-18(17)2)36-25(19-6-9-21(22(30)15-19)29(38)33-20-7-8-20)16-32-28(36)27(34-23)31-10-4-12-35-11-3-5-26(35)37/h6,9,13-16,20,26,37H,3-5,7-8,10-12H2,1-2H3,(H,31,34)(H,33,38). The molecule has 198 valence electrons. The number of nitrogens with zero attached hydrogens (tertiary/aromatic N) is 4. The average molecular weight is 533 g/mol. The van der Waals surface area contributed by atoms with Gasteiger partial charge in [-0.25, -0.2) is 9.97 Å². The van der Waals surface area contributed by atoms with E-state index in [2.05, 4.69) is 45.9 Å². The maximum Gasteiger partial charge on any atom is 0.253 e. The maximum atomic E-state index is 12.6. The molecule has 0 bridgehead atoms. The van der Waals surface area contributed by atoms with Crippen LogP contribution in [0.1, 0.15) is 53.6 Å². The summed E-state index contributed by atoms with van der Waals surface area (Å²) in [7, 11) is 0. The van der Waals surface area contributed by atoms with E-state index in [-0.39, 0.29) is 18.2 Å². The molecule has 1 unspecified atom stereocenters. The molecule has 1 aliphatic carbocycles. The number of nitrogens with one attached hydrogen (secondary N) is 2. The van der Waals surface area contributed by atoms with Gasteiger partial charge in [-0.3, -0.25) is 14.1 Å². The van der Waals surface area contributed by atoms with Gasteiger partial charge in [0.15, 0.2) is 11.5 Å². The van der Waals surface area contributed by atoms with Gasteiger partial charge in [0, 0.05) is 31.2 Å². The lowest BCUT2D eigenvalue weighted by molar-refractivity contribution is 0.0382. The largest absolute Gasteiger partial charge is 0.378 e. The number of rotatable bonds is 8. The van der Waals surface area contributed by atoms with E-state index in [1.54, 1.807) is 6.07 Å². The predicted octanol–water partition coefficient (Wildman–Crippen LogP) is 4.93. The SMILES string of the molecule is Cc1cc2nc(NCCCN3CCCC3O)c3ncc(-c4ccc(C(=O)NC5CC5)c(Cl)c4)n3c2cc1C. The molecule has 1 aliphatic heterocycles. The minimum atomic E-state index is -0.320. The summed E-state index contributed by atoms with van der Waals surface area (Å²) >= 11 is 6.60. The van der Waals surface area contributed by atoms with Crippen molar-refractivity contribution < 1.29 is 9.90 Å². The number of fused-ring (bicyclic) bond motifs is 3. The van der Waals surface area contributed by atoms with E-state index in [0.717, 1.165) is 85.5 Å². The van der Waals surface area contributed by atoms with Gasteiger partial charge in [0.25, 0.3) is 5.91 Å². The summed E-state index contributed by atoms with van der Waals surface area (Å²) in [5, 5.41) is 17.0. The number of aliphatic hydroxyl groups excluding tert-OH is 1. The fraction of sp³-hybridized carbons (Fsp3) is 0.414. The van der Waals surface area contributed by atoms with Crippen LogP contribution in [-0.2, 0) is 0 Å². The number of anilines is 1. The fourth-order valence-electron chi connectivity index (χ4n) is 5.22. The van der Waals surface area contributed by atoms with Crippen LogP contribution in [-0.4, -0.2) is 62.2 Å². The van der Waals surface area contributed by atoms with Crippen molar-refractivity contribution in [1.29, 1.82) is 0 Å². The number of likely N-dealkylation sites (tertiary alicyclic amines) is 1. The number of carbonyl (C=O) groups is 1. The molecular formula is C29H33ClN6O2. The van der Waals surface area contributed by atoms with Crippen molar-refractivity contribution >= 4 is 40.0 Å². The second-order valence-electron chi connectivity index (χ2n) is 10.6. The summed E-state index contributed by atoms with van der Waals surface area (Å²) in [6, 6.07) is 10.1. The smallest absolute Gasteiger partial charge is 0.253 e. The molecule has 2 aliphatic rings. The van der Waals surface area contributed by atoms with Crippen LogP contribution in [0.4, 0.5) is 5.82 Å². The molecule has 1 saturated carbocycles. The zero-order chi connectivity index (χ0) is 26.4. The molecule has 4 aromatic rings. The van der Waals surface area contributed by atoms with E-state index < -0.39 is 0 Å². The van der Waals surface area contributed by atoms with Crippen molar-refractivity contribution in [3.63, 3.8) is 0 Å². The van der Waals surface area contributed by atoms with E-state index in [1.165, 1.54) is 11.1 Å². The Bertz CT molecular complexity index is 1530. The van der Waals surface area contributed by atoms with Gasteiger partial charge in [-0.15, -0.1) is 0 Å². The van der Waals surface area contributed by atoms with E-state index in [1.807, 2.05) is 18.3 Å². The van der Waals surface area contributed by atoms with Gasteiger partial charge in [-0.1, -0.05) is 17.7 Å². The number of aromatic nitrogens is 3. The van der Waals surface area contributed by atoms with Crippen LogP contribution in [0.25, 0.3) is 27.9 Å². The van der Waals surface area contributed by atoms with Gasteiger partial charge in [-0.2, -0.15) is 0 Å². The van der Waals surface area contributed by atoms with E-state index in [4.69, 9.17) is 21.6 Å². The van der Waals surface area contributed by atoms with Gasteiger partial charge in [-0.05, 0) is 81.3 Å². The van der Waals surface area contributed by atoms with Crippen molar-refractivity contribution in [3.8, 4) is 11.3 Å². The minimum absolute atomic E-state index is 0.129. The third-order valence-electron chi connectivity index (χ3n) is 7.70. The monoisotopic (exact) mass is 532 g/mol. The average Bonchev–Trinajstić information content (AvgIpc) is 3.43. The molecule has 2 aromatic carbocycles. The molecule has 1 amide bonds. The number of carbonyl (C=O) groups excluding carboxylic acids is 1. The molecule has 8 nitrogen and oxygen atoms in total. The molecule has 3 heterocycles. The van der Waals surface area contributed by atoms with Crippen LogP contribution < -0.4 is 10.6 Å². The van der Waals surface area contributed by atoms with E-state index in [9.17, 15) is 9.90 Å². The van der Waals surface area contributed by atoms with Crippen molar-refractivity contribution in [2.24, 2.45) is 0 Å². The normalized spacial score (nSPS) is 17.9. The molecule has 2 fully saturated rings. The summed E-state index contributed by atoms with van der Waals surface area (Å²) < 4.78 is 2.12. The van der Waals surface area contributed by atoms with Gasteiger partial charge < -0.3 is 15.7 Å². The Morgan fingerprint density at radius 3 is 2.71 bits per heavy atom. The number of benzene rings is 2. The van der Waals surface area contributed by atoms with E-state index in [0.29, 0.717) is 10.6 Å². The highest BCUT2D eigenvalue weighted by Crippen LogP contribution is 2.32. The number of hydrogen-bond acceptors (Lipinski definition) is 6. The van der Waals surface area contributed by atoms with Crippen LogP contribution in [0.15, 0.2) is 36.5 Å². The first-order chi connectivity index (χ1) is 18.4. The Kier molecular flexibility index (Phi) is 6.72. The molecule has 6 rings (SSSR count). The summed E-state index contributed by atoms with van der Waals surface area (Å²) in [4.78, 5) is 24.4. The molecular weight excluding hydrogens is 500 g/mol. The quantitative estimate of drug-likeness (QED) is 0.279. The van der Waals surface area contributed by atoms with Gasteiger partial charge >= 0.3 is 0 Å². The van der Waals surface area contributed by atoms with Crippen molar-refractivity contribution in [1.82, 2.24) is 24.6 Å². The molecule has 38 heavy (non-hydrogen) atoms. The van der Waals surface area contributed by atoms with Gasteiger partial charge in [0.1, 0.15) is 6.23 Å². The molecule has 3 N–H and O–H groups in total. The highest BCUT2D eigenvalue weighted by atomic mass is 35.5. The number of halogens is 1. The topological polar surface area (TPSA) is 94.8 Å². The highest BCUT2D eigenvalue weighted by molar-refractivity contribution is 6.34. The van der Waals surface area contributed by atoms with E-state index >= 15 is 0 Å². The van der Waals surface area contributed by atoms with Crippen molar-refractivity contribution in [2.75, 3.05) is 25.0 Å². The summed E-state index contributed by atoms with van der Waals surface area (Å²) in [6.07, 6.45) is 6.37. The lowest BCUT2D eigenvalue weighted by Crippen LogP contribution is -2.30. The highest BCUT2D eigenvalue weighted by Gasteiger charge is 2.25. The molecule has 2 aromatic heterocycles. The molecule has 1 saturated heterocycles. The predicted molar refractivity (Wildman–Crippen MR) is 151 cm³/mol. The fourth-order valence-corrected chi connectivity index (χ4v) is 5.48. The maximum absolute atomic E-state index is 12.6. The van der Waals surface area contributed by atoms with Crippen LogP contribution in [0.3, 0.4) is 0 Å². The van der Waals surface area contributed by atoms with Crippen molar-refractivity contribution in [2.45, 2.75) is 58.2 Å². The van der Waals surface area contributed by atoms with Crippen LogP contribution in [0, 0.1) is 13.8 Å². The Labute approximate surface area is 227 Å². The van der Waals surface area contributed by atoms with Crippen molar-refractivity contribution in [3.05, 3.63) is 58.2 Å². The third-order valence-corrected chi connectivity index (χ3v) is 8.02. The number of aryl methyl sites for hydroxylation is 2.